The molecule has 5 heteroatoms. The lowest BCUT2D eigenvalue weighted by molar-refractivity contribution is -0.156. The lowest BCUT2D eigenvalue weighted by atomic mass is 9.79. The second-order valence-electron chi connectivity index (χ2n) is 6.78. The molecule has 0 bridgehead atoms. The van der Waals surface area contributed by atoms with E-state index in [1.54, 1.807) is 6.92 Å². The molecule has 0 aromatic heterocycles. The maximum Gasteiger partial charge on any atom is 0.319 e. The molecule has 1 saturated carbocycles. The summed E-state index contributed by atoms with van der Waals surface area (Å²) in [5.74, 6) is -1.35. The first-order valence-corrected chi connectivity index (χ1v) is 9.08. The van der Waals surface area contributed by atoms with E-state index in [1.165, 1.54) is 6.42 Å². The molecule has 0 saturated heterocycles. The lowest BCUT2D eigenvalue weighted by Crippen LogP contribution is -2.48. The lowest BCUT2D eigenvalue weighted by Gasteiger charge is -2.32. The van der Waals surface area contributed by atoms with Crippen molar-refractivity contribution >= 4 is 23.6 Å². The van der Waals surface area contributed by atoms with Gasteiger partial charge in [0.25, 0.3) is 0 Å². The Morgan fingerprint density at radius 3 is 2.52 bits per heavy atom. The molecule has 21 heavy (non-hydrogen) atoms. The monoisotopic (exact) mass is 315 g/mol. The zero-order chi connectivity index (χ0) is 16.0. The molecule has 4 nitrogen and oxygen atoms in total. The van der Waals surface area contributed by atoms with Crippen molar-refractivity contribution < 1.29 is 14.3 Å². The number of carbonyl (C=O) groups excluding carboxylic acids is 2. The van der Waals surface area contributed by atoms with Crippen LogP contribution in [0, 0.1) is 11.3 Å². The summed E-state index contributed by atoms with van der Waals surface area (Å²) in [4.78, 5) is 24.7. The third-order valence-corrected chi connectivity index (χ3v) is 5.05. The van der Waals surface area contributed by atoms with E-state index in [1.807, 2.05) is 32.5 Å². The van der Waals surface area contributed by atoms with Crippen molar-refractivity contribution in [3.05, 3.63) is 0 Å². The first-order valence-electron chi connectivity index (χ1n) is 7.79. The van der Waals surface area contributed by atoms with Gasteiger partial charge in [-0.25, -0.2) is 0 Å². The van der Waals surface area contributed by atoms with Crippen molar-refractivity contribution in [2.45, 2.75) is 64.7 Å². The number of hydrogen-bond acceptors (Lipinski definition) is 4. The quantitative estimate of drug-likeness (QED) is 0.626. The van der Waals surface area contributed by atoms with Gasteiger partial charge in [-0.2, -0.15) is 11.8 Å². The number of hydrogen-bond donors (Lipinski definition) is 1. The Morgan fingerprint density at radius 1 is 1.33 bits per heavy atom. The topological polar surface area (TPSA) is 55.4 Å². The summed E-state index contributed by atoms with van der Waals surface area (Å²) >= 11 is 1.86. The van der Waals surface area contributed by atoms with Gasteiger partial charge in [-0.05, 0) is 37.9 Å². The van der Waals surface area contributed by atoms with Crippen LogP contribution in [-0.4, -0.2) is 36.0 Å². The van der Waals surface area contributed by atoms with Gasteiger partial charge in [-0.15, -0.1) is 0 Å². The van der Waals surface area contributed by atoms with Crippen molar-refractivity contribution in [2.75, 3.05) is 12.9 Å². The summed E-state index contributed by atoms with van der Waals surface area (Å²) in [7, 11) is 0. The molecule has 3 atom stereocenters. The smallest absolute Gasteiger partial charge is 0.319 e. The van der Waals surface area contributed by atoms with E-state index < -0.39 is 17.3 Å². The van der Waals surface area contributed by atoms with E-state index in [-0.39, 0.29) is 11.9 Å². The molecule has 1 N–H and O–H groups in total. The fourth-order valence-electron chi connectivity index (χ4n) is 2.85. The molecule has 0 aromatic rings. The molecular weight excluding hydrogens is 286 g/mol. The Kier molecular flexibility index (Phi) is 7.04. The molecule has 3 unspecified atom stereocenters. The molecule has 122 valence electrons. The van der Waals surface area contributed by atoms with E-state index in [0.29, 0.717) is 11.9 Å². The summed E-state index contributed by atoms with van der Waals surface area (Å²) in [6.07, 6.45) is 6.46. The van der Waals surface area contributed by atoms with Crippen molar-refractivity contribution in [1.29, 1.82) is 0 Å². The van der Waals surface area contributed by atoms with Gasteiger partial charge in [-0.1, -0.05) is 27.2 Å². The van der Waals surface area contributed by atoms with E-state index >= 15 is 0 Å². The largest absolute Gasteiger partial charge is 0.465 e. The average Bonchev–Trinajstić information content (AvgIpc) is 2.37. The minimum Gasteiger partial charge on any atom is -0.465 e. The van der Waals surface area contributed by atoms with Gasteiger partial charge in [0.1, 0.15) is 5.92 Å². The zero-order valence-electron chi connectivity index (χ0n) is 13.9. The normalized spacial score (nSPS) is 24.2. The minimum atomic E-state index is -0.743. The van der Waals surface area contributed by atoms with Gasteiger partial charge in [0.05, 0.1) is 6.61 Å². The van der Waals surface area contributed by atoms with Gasteiger partial charge in [0, 0.05) is 11.3 Å². The second kappa shape index (κ2) is 8.06. The molecule has 0 spiro atoms. The summed E-state index contributed by atoms with van der Waals surface area (Å²) in [5, 5.41) is 3.69. The summed E-state index contributed by atoms with van der Waals surface area (Å²) in [6.45, 7) is 7.77. The Morgan fingerprint density at radius 2 is 2.00 bits per heavy atom. The number of thioether (sulfide) groups is 1. The maximum atomic E-state index is 12.6. The average molecular weight is 315 g/mol. The molecule has 0 heterocycles. The minimum absolute atomic E-state index is 0.183. The van der Waals surface area contributed by atoms with Crippen LogP contribution in [0.15, 0.2) is 0 Å². The SMILES string of the molecule is CCOC(=O)C(C(=O)NC1CCCC(SC)C1)C(C)(C)C. The third kappa shape index (κ3) is 5.53. The highest BCUT2D eigenvalue weighted by Crippen LogP contribution is 2.30. The highest BCUT2D eigenvalue weighted by molar-refractivity contribution is 7.99. The molecule has 1 amide bonds. The molecule has 0 aromatic carbocycles. The number of esters is 1. The highest BCUT2D eigenvalue weighted by atomic mass is 32.2. The van der Waals surface area contributed by atoms with Crippen LogP contribution in [0.25, 0.3) is 0 Å². The number of rotatable bonds is 5. The fraction of sp³-hybridized carbons (Fsp3) is 0.875. The van der Waals surface area contributed by atoms with Crippen molar-refractivity contribution in [3.63, 3.8) is 0 Å². The maximum absolute atomic E-state index is 12.6. The van der Waals surface area contributed by atoms with Gasteiger partial charge >= 0.3 is 5.97 Å². The Hall–Kier alpha value is -0.710. The predicted octanol–water partition coefficient (Wildman–Crippen LogP) is 3.00. The van der Waals surface area contributed by atoms with Crippen LogP contribution in [0.2, 0.25) is 0 Å². The number of ether oxygens (including phenoxy) is 1. The molecule has 0 aliphatic heterocycles. The van der Waals surface area contributed by atoms with Crippen LogP contribution in [0.5, 0.6) is 0 Å². The zero-order valence-corrected chi connectivity index (χ0v) is 14.7. The van der Waals surface area contributed by atoms with E-state index in [9.17, 15) is 9.59 Å². The van der Waals surface area contributed by atoms with E-state index in [4.69, 9.17) is 4.74 Å². The van der Waals surface area contributed by atoms with Gasteiger partial charge in [0.15, 0.2) is 0 Å². The summed E-state index contributed by atoms with van der Waals surface area (Å²) in [5.41, 5.74) is -0.441. The predicted molar refractivity (Wildman–Crippen MR) is 87.3 cm³/mol. The molecule has 1 aliphatic carbocycles. The summed E-state index contributed by atoms with van der Waals surface area (Å²) < 4.78 is 5.08. The third-order valence-electron chi connectivity index (χ3n) is 3.96. The van der Waals surface area contributed by atoms with E-state index in [0.717, 1.165) is 19.3 Å². The first kappa shape index (κ1) is 18.3. The Balaban J connectivity index is 2.70. The fourth-order valence-corrected chi connectivity index (χ4v) is 3.68. The molecule has 1 fully saturated rings. The van der Waals surface area contributed by atoms with Gasteiger partial charge in [-0.3, -0.25) is 9.59 Å². The molecular formula is C16H29NO3S. The van der Waals surface area contributed by atoms with Crippen LogP contribution >= 0.6 is 11.8 Å². The number of nitrogens with one attached hydrogen (secondary N) is 1. The van der Waals surface area contributed by atoms with Crippen LogP contribution in [-0.2, 0) is 14.3 Å². The van der Waals surface area contributed by atoms with E-state index in [2.05, 4.69) is 11.6 Å². The van der Waals surface area contributed by atoms with Crippen LogP contribution in [0.4, 0.5) is 0 Å². The van der Waals surface area contributed by atoms with Crippen molar-refractivity contribution in [3.8, 4) is 0 Å². The highest BCUT2D eigenvalue weighted by Gasteiger charge is 2.39. The molecule has 0 radical (unpaired) electrons. The van der Waals surface area contributed by atoms with Crippen LogP contribution < -0.4 is 5.32 Å². The Bertz CT molecular complexity index is 365. The van der Waals surface area contributed by atoms with Gasteiger partial charge in [0.2, 0.25) is 5.91 Å². The van der Waals surface area contributed by atoms with Crippen LogP contribution in [0.1, 0.15) is 53.4 Å². The first-order chi connectivity index (χ1) is 9.79. The summed E-state index contributed by atoms with van der Waals surface area (Å²) in [6, 6.07) is 0.183. The van der Waals surface area contributed by atoms with Crippen molar-refractivity contribution in [1.82, 2.24) is 5.32 Å². The standard InChI is InChI=1S/C16H29NO3S/c1-6-20-15(19)13(16(2,3)4)14(18)17-11-8-7-9-12(10-11)21-5/h11-13H,6-10H2,1-5H3,(H,17,18). The number of carbonyl (C=O) groups is 2. The Labute approximate surface area is 132 Å². The molecule has 1 rings (SSSR count). The second-order valence-corrected chi connectivity index (χ2v) is 7.92. The van der Waals surface area contributed by atoms with Crippen molar-refractivity contribution in [2.24, 2.45) is 11.3 Å². The molecule has 1 aliphatic rings. The van der Waals surface area contributed by atoms with Gasteiger partial charge < -0.3 is 10.1 Å². The van der Waals surface area contributed by atoms with Crippen LogP contribution in [0.3, 0.4) is 0 Å². The number of amides is 1.